The number of hydrogen-bond acceptors (Lipinski definition) is 3. The van der Waals surface area contributed by atoms with Gasteiger partial charge in [0.1, 0.15) is 0 Å². The Bertz CT molecular complexity index is 326. The van der Waals surface area contributed by atoms with Crippen LogP contribution < -0.4 is 14.8 Å². The van der Waals surface area contributed by atoms with Crippen LogP contribution in [0, 0.1) is 0 Å². The Kier molecular flexibility index (Phi) is 7.26. The Morgan fingerprint density at radius 1 is 1.06 bits per heavy atom. The lowest BCUT2D eigenvalue weighted by Crippen LogP contribution is -2.24. The third kappa shape index (κ3) is 5.92. The summed E-state index contributed by atoms with van der Waals surface area (Å²) in [5.74, 6) is 1.69. The maximum atomic E-state index is 5.75. The molecular formula is C15H25NO2. The molecule has 0 bridgehead atoms. The molecule has 1 N–H and O–H groups in total. The summed E-state index contributed by atoms with van der Waals surface area (Å²) in [6, 6.07) is 8.39. The van der Waals surface area contributed by atoms with E-state index in [0.717, 1.165) is 37.5 Å². The zero-order valence-corrected chi connectivity index (χ0v) is 11.7. The van der Waals surface area contributed by atoms with E-state index in [4.69, 9.17) is 9.47 Å². The number of rotatable bonds is 9. The smallest absolute Gasteiger partial charge is 0.161 e. The van der Waals surface area contributed by atoms with Crippen LogP contribution in [0.1, 0.15) is 33.6 Å². The van der Waals surface area contributed by atoms with Crippen LogP contribution in [0.3, 0.4) is 0 Å². The standard InChI is InChI=1S/C15H25NO2/c1-4-11-17-14-8-5-6-9-15(14)18-12-7-10-16-13(2)3/h5-6,8-9,13,16H,4,7,10-12H2,1-3H3. The van der Waals surface area contributed by atoms with Crippen molar-refractivity contribution >= 4 is 0 Å². The van der Waals surface area contributed by atoms with Crippen LogP contribution in [-0.4, -0.2) is 25.8 Å². The molecule has 1 rings (SSSR count). The molecule has 0 heterocycles. The first-order chi connectivity index (χ1) is 8.74. The number of ether oxygens (including phenoxy) is 2. The molecule has 0 radical (unpaired) electrons. The van der Waals surface area contributed by atoms with Crippen molar-refractivity contribution in [2.45, 2.75) is 39.7 Å². The van der Waals surface area contributed by atoms with Crippen LogP contribution in [0.2, 0.25) is 0 Å². The molecule has 0 fully saturated rings. The van der Waals surface area contributed by atoms with Crippen molar-refractivity contribution in [1.29, 1.82) is 0 Å². The minimum Gasteiger partial charge on any atom is -0.490 e. The Hall–Kier alpha value is -1.22. The van der Waals surface area contributed by atoms with E-state index in [1.807, 2.05) is 24.3 Å². The SMILES string of the molecule is CCCOc1ccccc1OCCCNC(C)C. The van der Waals surface area contributed by atoms with E-state index < -0.39 is 0 Å². The van der Waals surface area contributed by atoms with Crippen molar-refractivity contribution in [1.82, 2.24) is 5.32 Å². The van der Waals surface area contributed by atoms with E-state index in [9.17, 15) is 0 Å². The second kappa shape index (κ2) is 8.81. The molecule has 102 valence electrons. The molecule has 0 saturated carbocycles. The lowest BCUT2D eigenvalue weighted by molar-refractivity contribution is 0.264. The van der Waals surface area contributed by atoms with Gasteiger partial charge in [-0.1, -0.05) is 32.9 Å². The lowest BCUT2D eigenvalue weighted by Gasteiger charge is -2.12. The molecule has 0 atom stereocenters. The number of nitrogens with one attached hydrogen (secondary N) is 1. The average Bonchev–Trinajstić information content (AvgIpc) is 2.36. The van der Waals surface area contributed by atoms with Crippen LogP contribution in [0.15, 0.2) is 24.3 Å². The van der Waals surface area contributed by atoms with Gasteiger partial charge in [0.05, 0.1) is 13.2 Å². The van der Waals surface area contributed by atoms with Crippen molar-refractivity contribution in [3.8, 4) is 11.5 Å². The predicted molar refractivity (Wildman–Crippen MR) is 75.5 cm³/mol. The first-order valence-corrected chi connectivity index (χ1v) is 6.82. The topological polar surface area (TPSA) is 30.5 Å². The highest BCUT2D eigenvalue weighted by molar-refractivity contribution is 5.39. The molecule has 0 spiro atoms. The summed E-state index contributed by atoms with van der Waals surface area (Å²) in [7, 11) is 0. The van der Waals surface area contributed by atoms with Gasteiger partial charge in [0.2, 0.25) is 0 Å². The van der Waals surface area contributed by atoms with Gasteiger partial charge in [-0.3, -0.25) is 0 Å². The maximum Gasteiger partial charge on any atom is 0.161 e. The molecule has 0 aliphatic heterocycles. The number of para-hydroxylation sites is 2. The van der Waals surface area contributed by atoms with Crippen LogP contribution in [0.4, 0.5) is 0 Å². The highest BCUT2D eigenvalue weighted by Crippen LogP contribution is 2.26. The lowest BCUT2D eigenvalue weighted by atomic mass is 10.3. The molecular weight excluding hydrogens is 226 g/mol. The summed E-state index contributed by atoms with van der Waals surface area (Å²) in [6.07, 6.45) is 2.01. The van der Waals surface area contributed by atoms with Crippen LogP contribution in [0.25, 0.3) is 0 Å². The fourth-order valence-electron chi connectivity index (χ4n) is 1.55. The summed E-state index contributed by atoms with van der Waals surface area (Å²) >= 11 is 0. The van der Waals surface area contributed by atoms with Gasteiger partial charge in [0.15, 0.2) is 11.5 Å². The Morgan fingerprint density at radius 2 is 1.67 bits per heavy atom. The van der Waals surface area contributed by atoms with E-state index in [-0.39, 0.29) is 0 Å². The summed E-state index contributed by atoms with van der Waals surface area (Å²) in [6.45, 7) is 8.82. The van der Waals surface area contributed by atoms with Gasteiger partial charge in [-0.25, -0.2) is 0 Å². The molecule has 3 heteroatoms. The summed E-state index contributed by atoms with van der Waals surface area (Å²) in [4.78, 5) is 0. The molecule has 1 aromatic rings. The van der Waals surface area contributed by atoms with Gasteiger partial charge in [0, 0.05) is 6.04 Å². The van der Waals surface area contributed by atoms with Crippen LogP contribution >= 0.6 is 0 Å². The monoisotopic (exact) mass is 251 g/mol. The van der Waals surface area contributed by atoms with Crippen LogP contribution in [0.5, 0.6) is 11.5 Å². The molecule has 3 nitrogen and oxygen atoms in total. The third-order valence-electron chi connectivity index (χ3n) is 2.44. The van der Waals surface area contributed by atoms with E-state index in [0.29, 0.717) is 12.6 Å². The van der Waals surface area contributed by atoms with E-state index >= 15 is 0 Å². The first-order valence-electron chi connectivity index (χ1n) is 6.82. The fraction of sp³-hybridized carbons (Fsp3) is 0.600. The molecule has 0 amide bonds. The molecule has 0 saturated heterocycles. The van der Waals surface area contributed by atoms with E-state index in [1.54, 1.807) is 0 Å². The quantitative estimate of drug-likeness (QED) is 0.683. The highest BCUT2D eigenvalue weighted by atomic mass is 16.5. The second-order valence-corrected chi connectivity index (χ2v) is 4.61. The highest BCUT2D eigenvalue weighted by Gasteiger charge is 2.03. The summed E-state index contributed by atoms with van der Waals surface area (Å²) < 4.78 is 11.4. The van der Waals surface area contributed by atoms with Gasteiger partial charge in [-0.05, 0) is 31.5 Å². The van der Waals surface area contributed by atoms with Crippen molar-refractivity contribution in [2.75, 3.05) is 19.8 Å². The minimum atomic E-state index is 0.533. The van der Waals surface area contributed by atoms with Crippen molar-refractivity contribution in [2.24, 2.45) is 0 Å². The maximum absolute atomic E-state index is 5.75. The zero-order chi connectivity index (χ0) is 13.2. The largest absolute Gasteiger partial charge is 0.490 e. The van der Waals surface area contributed by atoms with Gasteiger partial charge < -0.3 is 14.8 Å². The fourth-order valence-corrected chi connectivity index (χ4v) is 1.55. The Morgan fingerprint density at radius 3 is 2.22 bits per heavy atom. The third-order valence-corrected chi connectivity index (χ3v) is 2.44. The van der Waals surface area contributed by atoms with Gasteiger partial charge in [-0.15, -0.1) is 0 Å². The van der Waals surface area contributed by atoms with Gasteiger partial charge in [-0.2, -0.15) is 0 Å². The molecule has 0 aliphatic rings. The van der Waals surface area contributed by atoms with E-state index in [1.165, 1.54) is 0 Å². The van der Waals surface area contributed by atoms with Crippen LogP contribution in [-0.2, 0) is 0 Å². The normalized spacial score (nSPS) is 10.7. The molecule has 0 aliphatic carbocycles. The molecule has 0 aromatic heterocycles. The van der Waals surface area contributed by atoms with Crippen molar-refractivity contribution in [3.05, 3.63) is 24.3 Å². The Balaban J connectivity index is 2.32. The number of benzene rings is 1. The van der Waals surface area contributed by atoms with Gasteiger partial charge >= 0.3 is 0 Å². The molecule has 0 unspecified atom stereocenters. The Labute approximate surface area is 110 Å². The van der Waals surface area contributed by atoms with E-state index in [2.05, 4.69) is 26.1 Å². The van der Waals surface area contributed by atoms with Gasteiger partial charge in [0.25, 0.3) is 0 Å². The molecule has 1 aromatic carbocycles. The summed E-state index contributed by atoms with van der Waals surface area (Å²) in [5.41, 5.74) is 0. The predicted octanol–water partition coefficient (Wildman–Crippen LogP) is 3.24. The van der Waals surface area contributed by atoms with Crippen molar-refractivity contribution in [3.63, 3.8) is 0 Å². The average molecular weight is 251 g/mol. The second-order valence-electron chi connectivity index (χ2n) is 4.61. The first kappa shape index (κ1) is 14.8. The number of hydrogen-bond donors (Lipinski definition) is 1. The zero-order valence-electron chi connectivity index (χ0n) is 11.7. The summed E-state index contributed by atoms with van der Waals surface area (Å²) in [5, 5.41) is 3.37. The minimum absolute atomic E-state index is 0.533. The molecule has 18 heavy (non-hydrogen) atoms. The van der Waals surface area contributed by atoms with Crippen molar-refractivity contribution < 1.29 is 9.47 Å².